The molecule has 2 aromatic rings. The summed E-state index contributed by atoms with van der Waals surface area (Å²) in [6.07, 6.45) is 9.60. The fourth-order valence-electron chi connectivity index (χ4n) is 3.58. The molecule has 1 saturated carbocycles. The minimum atomic E-state index is 0.245. The van der Waals surface area contributed by atoms with Crippen molar-refractivity contribution < 1.29 is 0 Å². The predicted octanol–water partition coefficient (Wildman–Crippen LogP) is 3.67. The Morgan fingerprint density at radius 2 is 2.05 bits per heavy atom. The molecule has 1 fully saturated rings. The maximum atomic E-state index is 6.43. The van der Waals surface area contributed by atoms with Gasteiger partial charge >= 0.3 is 0 Å². The molecule has 2 N–H and O–H groups in total. The maximum Gasteiger partial charge on any atom is 0.108 e. The van der Waals surface area contributed by atoms with E-state index in [2.05, 4.69) is 53.0 Å². The van der Waals surface area contributed by atoms with Crippen LogP contribution in [0.4, 0.5) is 0 Å². The summed E-state index contributed by atoms with van der Waals surface area (Å²) in [6.45, 7) is 2.20. The standard InChI is InChI=1S/C18H25N3/c1-2-6-18-20-11-12-21(18)17-13-15(9-10-16(17)19)14-7-4-3-5-8-14/h3-5,7-8,11-12,15-17H,2,6,9-10,13,19H2,1H3. The lowest BCUT2D eigenvalue weighted by Gasteiger charge is -2.36. The number of aromatic nitrogens is 2. The zero-order chi connectivity index (χ0) is 14.7. The molecule has 3 nitrogen and oxygen atoms in total. The van der Waals surface area contributed by atoms with Crippen molar-refractivity contribution in [3.8, 4) is 0 Å². The Hall–Kier alpha value is -1.61. The number of aryl methyl sites for hydroxylation is 1. The highest BCUT2D eigenvalue weighted by Gasteiger charge is 2.30. The van der Waals surface area contributed by atoms with Crippen LogP contribution >= 0.6 is 0 Å². The minimum absolute atomic E-state index is 0.245. The molecule has 1 aliphatic rings. The second kappa shape index (κ2) is 6.44. The van der Waals surface area contributed by atoms with Gasteiger partial charge in [-0.15, -0.1) is 0 Å². The van der Waals surface area contributed by atoms with Gasteiger partial charge in [0.2, 0.25) is 0 Å². The lowest BCUT2D eigenvalue weighted by molar-refractivity contribution is 0.273. The summed E-state index contributed by atoms with van der Waals surface area (Å²) in [4.78, 5) is 4.52. The zero-order valence-electron chi connectivity index (χ0n) is 12.8. The van der Waals surface area contributed by atoms with E-state index in [1.165, 1.54) is 17.8 Å². The van der Waals surface area contributed by atoms with Crippen LogP contribution in [0, 0.1) is 0 Å². The monoisotopic (exact) mass is 283 g/mol. The molecule has 0 aliphatic heterocycles. The highest BCUT2D eigenvalue weighted by molar-refractivity contribution is 5.21. The second-order valence-corrected chi connectivity index (χ2v) is 6.15. The first-order chi connectivity index (χ1) is 10.3. The first kappa shape index (κ1) is 14.3. The van der Waals surface area contributed by atoms with E-state index in [9.17, 15) is 0 Å². The number of hydrogen-bond acceptors (Lipinski definition) is 2. The molecule has 0 bridgehead atoms. The van der Waals surface area contributed by atoms with E-state index in [4.69, 9.17) is 5.73 Å². The van der Waals surface area contributed by atoms with Crippen LogP contribution < -0.4 is 5.73 Å². The van der Waals surface area contributed by atoms with Gasteiger partial charge in [-0.3, -0.25) is 0 Å². The van der Waals surface area contributed by atoms with Gasteiger partial charge in [0.15, 0.2) is 0 Å². The average molecular weight is 283 g/mol. The average Bonchev–Trinajstić information content (AvgIpc) is 2.97. The lowest BCUT2D eigenvalue weighted by Crippen LogP contribution is -2.37. The van der Waals surface area contributed by atoms with E-state index in [1.54, 1.807) is 0 Å². The Bertz CT molecular complexity index is 561. The van der Waals surface area contributed by atoms with E-state index >= 15 is 0 Å². The Morgan fingerprint density at radius 1 is 1.24 bits per heavy atom. The minimum Gasteiger partial charge on any atom is -0.330 e. The van der Waals surface area contributed by atoms with Crippen molar-refractivity contribution in [2.45, 2.75) is 57.0 Å². The smallest absolute Gasteiger partial charge is 0.108 e. The molecule has 112 valence electrons. The first-order valence-corrected chi connectivity index (χ1v) is 8.11. The molecular weight excluding hydrogens is 258 g/mol. The molecule has 0 saturated heterocycles. The fourth-order valence-corrected chi connectivity index (χ4v) is 3.58. The fraction of sp³-hybridized carbons (Fsp3) is 0.500. The molecule has 3 atom stereocenters. The largest absolute Gasteiger partial charge is 0.330 e. The highest BCUT2D eigenvalue weighted by Crippen LogP contribution is 2.38. The Kier molecular flexibility index (Phi) is 4.39. The summed E-state index contributed by atoms with van der Waals surface area (Å²) in [7, 11) is 0. The predicted molar refractivity (Wildman–Crippen MR) is 86.3 cm³/mol. The molecule has 1 aromatic carbocycles. The molecule has 3 unspecified atom stereocenters. The molecule has 1 heterocycles. The lowest BCUT2D eigenvalue weighted by atomic mass is 9.79. The molecule has 1 aromatic heterocycles. The van der Waals surface area contributed by atoms with Crippen LogP contribution in [0.1, 0.15) is 56.0 Å². The number of hydrogen-bond donors (Lipinski definition) is 1. The third kappa shape index (κ3) is 3.03. The van der Waals surface area contributed by atoms with Gasteiger partial charge in [0.1, 0.15) is 5.82 Å². The number of imidazole rings is 1. The SMILES string of the molecule is CCCc1nccn1C1CC(c2ccccc2)CCC1N. The molecule has 0 spiro atoms. The van der Waals surface area contributed by atoms with Crippen LogP contribution in [0.25, 0.3) is 0 Å². The molecule has 3 heteroatoms. The van der Waals surface area contributed by atoms with Crippen LogP contribution in [0.5, 0.6) is 0 Å². The Labute approximate surface area is 127 Å². The van der Waals surface area contributed by atoms with Crippen molar-refractivity contribution in [3.63, 3.8) is 0 Å². The summed E-state index contributed by atoms with van der Waals surface area (Å²) in [6, 6.07) is 11.5. The molecular formula is C18H25N3. The summed E-state index contributed by atoms with van der Waals surface area (Å²) >= 11 is 0. The van der Waals surface area contributed by atoms with E-state index in [0.29, 0.717) is 12.0 Å². The van der Waals surface area contributed by atoms with Crippen molar-refractivity contribution in [1.29, 1.82) is 0 Å². The topological polar surface area (TPSA) is 43.8 Å². The molecule has 1 aliphatic carbocycles. The van der Waals surface area contributed by atoms with Gasteiger partial charge in [-0.05, 0) is 37.2 Å². The zero-order valence-corrected chi connectivity index (χ0v) is 12.8. The molecule has 0 amide bonds. The van der Waals surface area contributed by atoms with Crippen LogP contribution in [-0.4, -0.2) is 15.6 Å². The van der Waals surface area contributed by atoms with Crippen LogP contribution in [-0.2, 0) is 6.42 Å². The van der Waals surface area contributed by atoms with Gasteiger partial charge in [-0.25, -0.2) is 4.98 Å². The molecule has 0 radical (unpaired) electrons. The quantitative estimate of drug-likeness (QED) is 0.930. The van der Waals surface area contributed by atoms with Gasteiger partial charge in [-0.2, -0.15) is 0 Å². The number of nitrogens with zero attached hydrogens (tertiary/aromatic N) is 2. The first-order valence-electron chi connectivity index (χ1n) is 8.11. The Morgan fingerprint density at radius 3 is 2.81 bits per heavy atom. The van der Waals surface area contributed by atoms with Gasteiger partial charge in [0.25, 0.3) is 0 Å². The number of nitrogens with two attached hydrogens (primary N) is 1. The van der Waals surface area contributed by atoms with Crippen molar-refractivity contribution in [1.82, 2.24) is 9.55 Å². The van der Waals surface area contributed by atoms with Gasteiger partial charge < -0.3 is 10.3 Å². The molecule has 21 heavy (non-hydrogen) atoms. The van der Waals surface area contributed by atoms with Gasteiger partial charge in [0, 0.05) is 24.9 Å². The van der Waals surface area contributed by atoms with Crippen molar-refractivity contribution in [2.75, 3.05) is 0 Å². The third-order valence-electron chi connectivity index (χ3n) is 4.72. The van der Waals surface area contributed by atoms with Crippen LogP contribution in [0.3, 0.4) is 0 Å². The summed E-state index contributed by atoms with van der Waals surface area (Å²) in [5.41, 5.74) is 7.88. The summed E-state index contributed by atoms with van der Waals surface area (Å²) in [5.74, 6) is 1.81. The van der Waals surface area contributed by atoms with E-state index in [1.807, 2.05) is 6.20 Å². The second-order valence-electron chi connectivity index (χ2n) is 6.15. The normalized spacial score (nSPS) is 25.9. The third-order valence-corrected chi connectivity index (χ3v) is 4.72. The van der Waals surface area contributed by atoms with E-state index in [0.717, 1.165) is 25.7 Å². The van der Waals surface area contributed by atoms with Gasteiger partial charge in [-0.1, -0.05) is 37.3 Å². The summed E-state index contributed by atoms with van der Waals surface area (Å²) in [5, 5.41) is 0. The van der Waals surface area contributed by atoms with Gasteiger partial charge in [0.05, 0.1) is 6.04 Å². The van der Waals surface area contributed by atoms with E-state index in [-0.39, 0.29) is 6.04 Å². The molecule has 3 rings (SSSR count). The summed E-state index contributed by atoms with van der Waals surface area (Å²) < 4.78 is 2.34. The number of benzene rings is 1. The number of rotatable bonds is 4. The maximum absolute atomic E-state index is 6.43. The van der Waals surface area contributed by atoms with Crippen LogP contribution in [0.15, 0.2) is 42.7 Å². The van der Waals surface area contributed by atoms with Crippen molar-refractivity contribution >= 4 is 0 Å². The van der Waals surface area contributed by atoms with Crippen molar-refractivity contribution in [2.24, 2.45) is 5.73 Å². The van der Waals surface area contributed by atoms with E-state index < -0.39 is 0 Å². The Balaban J connectivity index is 1.82. The highest BCUT2D eigenvalue weighted by atomic mass is 15.1. The van der Waals surface area contributed by atoms with Crippen molar-refractivity contribution in [3.05, 3.63) is 54.1 Å². The van der Waals surface area contributed by atoms with Crippen LogP contribution in [0.2, 0.25) is 0 Å².